The van der Waals surface area contributed by atoms with Crippen LogP contribution < -0.4 is 9.80 Å². The maximum Gasteiger partial charge on any atom is 0.416 e. The average molecular weight is 526 g/mol. The molecule has 3 aromatic rings. The maximum atomic E-state index is 13.6. The largest absolute Gasteiger partial charge is 0.443 e. The molecular formula is C21H26BrF2N7O2. The van der Waals surface area contributed by atoms with Crippen LogP contribution in [-0.4, -0.2) is 55.1 Å². The SMILES string of the molecule is Cc1cc(CN(C(=O)OC(C)(C)C)c2cc(N3CC(F)(F)C3)nc3c(Br)c(C)nn23)n(C)n1. The van der Waals surface area contributed by atoms with Gasteiger partial charge in [0.25, 0.3) is 5.92 Å². The molecule has 9 nitrogen and oxygen atoms in total. The Morgan fingerprint density at radius 2 is 1.91 bits per heavy atom. The number of alkyl halides is 2. The van der Waals surface area contributed by atoms with Gasteiger partial charge in [0, 0.05) is 13.1 Å². The third kappa shape index (κ3) is 4.66. The zero-order valence-corrected chi connectivity index (χ0v) is 20.9. The summed E-state index contributed by atoms with van der Waals surface area (Å²) in [5.74, 6) is -2.08. The summed E-state index contributed by atoms with van der Waals surface area (Å²) in [6, 6.07) is 3.46. The molecule has 1 aliphatic rings. The van der Waals surface area contributed by atoms with Crippen molar-refractivity contribution >= 4 is 39.3 Å². The van der Waals surface area contributed by atoms with Gasteiger partial charge >= 0.3 is 6.09 Å². The molecule has 4 rings (SSSR count). The van der Waals surface area contributed by atoms with E-state index in [0.29, 0.717) is 27.4 Å². The van der Waals surface area contributed by atoms with Gasteiger partial charge in [0.05, 0.1) is 41.2 Å². The van der Waals surface area contributed by atoms with Crippen molar-refractivity contribution < 1.29 is 18.3 Å². The van der Waals surface area contributed by atoms with Gasteiger partial charge in [-0.3, -0.25) is 9.58 Å². The Hall–Kier alpha value is -2.76. The van der Waals surface area contributed by atoms with Gasteiger partial charge in [0.1, 0.15) is 17.2 Å². The lowest BCUT2D eigenvalue weighted by atomic mass is 10.1. The molecule has 1 fully saturated rings. The van der Waals surface area contributed by atoms with Crippen LogP contribution in [0.4, 0.5) is 25.2 Å². The average Bonchev–Trinajstić information content (AvgIpc) is 3.13. The summed E-state index contributed by atoms with van der Waals surface area (Å²) < 4.78 is 36.7. The molecule has 0 radical (unpaired) electrons. The van der Waals surface area contributed by atoms with Gasteiger partial charge in [-0.25, -0.2) is 18.6 Å². The van der Waals surface area contributed by atoms with Crippen LogP contribution in [0.3, 0.4) is 0 Å². The second-order valence-electron chi connectivity index (χ2n) is 9.29. The first-order chi connectivity index (χ1) is 15.2. The number of rotatable bonds is 4. The van der Waals surface area contributed by atoms with Crippen molar-refractivity contribution in [3.63, 3.8) is 0 Å². The van der Waals surface area contributed by atoms with E-state index in [-0.39, 0.29) is 6.54 Å². The highest BCUT2D eigenvalue weighted by atomic mass is 79.9. The molecule has 0 unspecified atom stereocenters. The van der Waals surface area contributed by atoms with E-state index in [1.807, 2.05) is 13.0 Å². The zero-order valence-electron chi connectivity index (χ0n) is 19.4. The van der Waals surface area contributed by atoms with Crippen LogP contribution >= 0.6 is 15.9 Å². The number of aryl methyl sites for hydroxylation is 3. The Labute approximate surface area is 198 Å². The minimum Gasteiger partial charge on any atom is -0.443 e. The number of carbonyl (C=O) groups is 1. The molecule has 0 atom stereocenters. The van der Waals surface area contributed by atoms with E-state index in [1.165, 1.54) is 14.3 Å². The number of fused-ring (bicyclic) bond motifs is 1. The van der Waals surface area contributed by atoms with Crippen LogP contribution in [0.1, 0.15) is 37.9 Å². The predicted molar refractivity (Wildman–Crippen MR) is 123 cm³/mol. The van der Waals surface area contributed by atoms with Gasteiger partial charge in [-0.2, -0.15) is 14.7 Å². The second kappa shape index (κ2) is 7.93. The molecule has 178 valence electrons. The van der Waals surface area contributed by atoms with Gasteiger partial charge < -0.3 is 9.64 Å². The summed E-state index contributed by atoms with van der Waals surface area (Å²) in [5.41, 5.74) is 1.90. The first-order valence-corrected chi connectivity index (χ1v) is 11.2. The van der Waals surface area contributed by atoms with Crippen molar-refractivity contribution in [2.45, 2.75) is 52.7 Å². The lowest BCUT2D eigenvalue weighted by Gasteiger charge is -2.39. The van der Waals surface area contributed by atoms with E-state index in [1.54, 1.807) is 45.5 Å². The summed E-state index contributed by atoms with van der Waals surface area (Å²) in [7, 11) is 1.79. The standard InChI is InChI=1S/C21H26BrF2N7O2/c1-12-7-14(28(6)26-12)9-30(19(32)33-20(3,4)5)16-8-15(29-10-21(23,24)11-29)25-18-17(22)13(2)27-31(16)18/h7-8H,9-11H2,1-6H3. The molecule has 1 aliphatic heterocycles. The molecule has 0 saturated carbocycles. The van der Waals surface area contributed by atoms with Gasteiger partial charge in [-0.15, -0.1) is 0 Å². The van der Waals surface area contributed by atoms with E-state index >= 15 is 0 Å². The van der Waals surface area contributed by atoms with E-state index in [2.05, 4.69) is 31.1 Å². The minimum atomic E-state index is -2.77. The topological polar surface area (TPSA) is 80.8 Å². The lowest BCUT2D eigenvalue weighted by Crippen LogP contribution is -2.56. The van der Waals surface area contributed by atoms with E-state index in [9.17, 15) is 13.6 Å². The number of amides is 1. The monoisotopic (exact) mass is 525 g/mol. The Morgan fingerprint density at radius 3 is 2.45 bits per heavy atom. The number of halogens is 3. The molecule has 0 spiro atoms. The van der Waals surface area contributed by atoms with Gasteiger partial charge in [-0.05, 0) is 56.6 Å². The zero-order chi connectivity index (χ0) is 24.3. The highest BCUT2D eigenvalue weighted by Crippen LogP contribution is 2.35. The normalized spacial score (nSPS) is 15.6. The maximum absolute atomic E-state index is 13.6. The predicted octanol–water partition coefficient (Wildman–Crippen LogP) is 4.24. The molecular weight excluding hydrogens is 500 g/mol. The Kier molecular flexibility index (Phi) is 5.62. The smallest absolute Gasteiger partial charge is 0.416 e. The van der Waals surface area contributed by atoms with Crippen molar-refractivity contribution in [2.75, 3.05) is 22.9 Å². The van der Waals surface area contributed by atoms with Gasteiger partial charge in [-0.1, -0.05) is 0 Å². The number of hydrogen-bond donors (Lipinski definition) is 0. The van der Waals surface area contributed by atoms with Crippen LogP contribution in [0.25, 0.3) is 5.65 Å². The van der Waals surface area contributed by atoms with Crippen LogP contribution in [0.5, 0.6) is 0 Å². The summed E-state index contributed by atoms with van der Waals surface area (Å²) >= 11 is 3.49. The van der Waals surface area contributed by atoms with Gasteiger partial charge in [0.2, 0.25) is 0 Å². The van der Waals surface area contributed by atoms with Crippen LogP contribution in [0.15, 0.2) is 16.6 Å². The quantitative estimate of drug-likeness (QED) is 0.506. The molecule has 3 aromatic heterocycles. The van der Waals surface area contributed by atoms with Crippen molar-refractivity contribution in [2.24, 2.45) is 7.05 Å². The molecule has 33 heavy (non-hydrogen) atoms. The van der Waals surface area contributed by atoms with E-state index in [0.717, 1.165) is 11.4 Å². The lowest BCUT2D eigenvalue weighted by molar-refractivity contribution is -0.0267. The number of hydrogen-bond acceptors (Lipinski definition) is 6. The third-order valence-corrected chi connectivity index (χ3v) is 6.07. The van der Waals surface area contributed by atoms with Crippen molar-refractivity contribution in [1.29, 1.82) is 0 Å². The van der Waals surface area contributed by atoms with Crippen molar-refractivity contribution in [1.82, 2.24) is 24.4 Å². The Balaban J connectivity index is 1.86. The fourth-order valence-corrected chi connectivity index (χ4v) is 3.96. The highest BCUT2D eigenvalue weighted by molar-refractivity contribution is 9.10. The van der Waals surface area contributed by atoms with Crippen molar-refractivity contribution in [3.05, 3.63) is 33.7 Å². The third-order valence-electron chi connectivity index (χ3n) is 5.14. The summed E-state index contributed by atoms with van der Waals surface area (Å²) in [4.78, 5) is 20.8. The number of carbonyl (C=O) groups excluding carboxylic acids is 1. The number of nitrogens with zero attached hydrogens (tertiary/aromatic N) is 7. The number of anilines is 2. The first-order valence-electron chi connectivity index (χ1n) is 10.4. The Morgan fingerprint density at radius 1 is 1.24 bits per heavy atom. The molecule has 12 heteroatoms. The molecule has 0 bridgehead atoms. The van der Waals surface area contributed by atoms with E-state index < -0.39 is 30.7 Å². The van der Waals surface area contributed by atoms with Crippen LogP contribution in [0, 0.1) is 13.8 Å². The first kappa shape index (κ1) is 23.4. The Bertz CT molecular complexity index is 1220. The van der Waals surface area contributed by atoms with Crippen molar-refractivity contribution in [3.8, 4) is 0 Å². The van der Waals surface area contributed by atoms with E-state index in [4.69, 9.17) is 4.74 Å². The van der Waals surface area contributed by atoms with Gasteiger partial charge in [0.15, 0.2) is 5.65 Å². The molecule has 0 aromatic carbocycles. The number of ether oxygens (including phenoxy) is 1. The molecule has 0 N–H and O–H groups in total. The summed E-state index contributed by atoms with van der Waals surface area (Å²) in [6.45, 7) is 8.26. The van der Waals surface area contributed by atoms with Crippen LogP contribution in [-0.2, 0) is 18.3 Å². The minimum absolute atomic E-state index is 0.136. The molecule has 0 aliphatic carbocycles. The number of aromatic nitrogens is 5. The highest BCUT2D eigenvalue weighted by Gasteiger charge is 2.45. The fraction of sp³-hybridized carbons (Fsp3) is 0.524. The molecule has 4 heterocycles. The summed E-state index contributed by atoms with van der Waals surface area (Å²) in [6.07, 6.45) is -0.599. The summed E-state index contributed by atoms with van der Waals surface area (Å²) in [5, 5.41) is 8.88. The van der Waals surface area contributed by atoms with Crippen LogP contribution in [0.2, 0.25) is 0 Å². The molecule has 1 amide bonds. The second-order valence-corrected chi connectivity index (χ2v) is 10.1. The fourth-order valence-electron chi connectivity index (χ4n) is 3.63. The molecule has 1 saturated heterocycles.